The van der Waals surface area contributed by atoms with Gasteiger partial charge in [0.2, 0.25) is 15.9 Å². The molecule has 2 N–H and O–H groups in total. The van der Waals surface area contributed by atoms with E-state index < -0.39 is 21.7 Å². The van der Waals surface area contributed by atoms with Gasteiger partial charge < -0.3 is 10.2 Å². The second-order valence-corrected chi connectivity index (χ2v) is 7.38. The highest BCUT2D eigenvalue weighted by Gasteiger charge is 2.24. The SMILES string of the molecule is CS(=O)(=O)NCC(=O)N1CCC[C@H](Nc2ccc(F)c(F)c2)C1. The third kappa shape index (κ3) is 5.43. The third-order valence-corrected chi connectivity index (χ3v) is 4.22. The van der Waals surface area contributed by atoms with Crippen LogP contribution in [0.2, 0.25) is 0 Å². The minimum Gasteiger partial charge on any atom is -0.380 e. The van der Waals surface area contributed by atoms with Crippen LogP contribution in [0.25, 0.3) is 0 Å². The van der Waals surface area contributed by atoms with Gasteiger partial charge in [-0.2, -0.15) is 0 Å². The number of benzene rings is 1. The fourth-order valence-corrected chi connectivity index (χ4v) is 2.83. The lowest BCUT2D eigenvalue weighted by Gasteiger charge is -2.33. The Kier molecular flexibility index (Phi) is 5.53. The normalized spacial score (nSPS) is 18.7. The van der Waals surface area contributed by atoms with Gasteiger partial charge >= 0.3 is 0 Å². The summed E-state index contributed by atoms with van der Waals surface area (Å²) in [6.45, 7) is 0.639. The van der Waals surface area contributed by atoms with E-state index in [-0.39, 0.29) is 18.5 Å². The van der Waals surface area contributed by atoms with Crippen LogP contribution in [-0.4, -0.2) is 51.2 Å². The van der Waals surface area contributed by atoms with Crippen LogP contribution < -0.4 is 10.0 Å². The summed E-state index contributed by atoms with van der Waals surface area (Å²) in [7, 11) is -3.42. The number of nitrogens with zero attached hydrogens (tertiary/aromatic N) is 1. The fourth-order valence-electron chi connectivity index (χ4n) is 2.45. The number of carbonyl (C=O) groups excluding carboxylic acids is 1. The molecule has 1 atom stereocenters. The second-order valence-electron chi connectivity index (χ2n) is 5.55. The van der Waals surface area contributed by atoms with Crippen molar-refractivity contribution in [2.24, 2.45) is 0 Å². The summed E-state index contributed by atoms with van der Waals surface area (Å²) in [5, 5.41) is 3.07. The van der Waals surface area contributed by atoms with Crippen LogP contribution in [0.5, 0.6) is 0 Å². The molecule has 0 saturated carbocycles. The zero-order valence-corrected chi connectivity index (χ0v) is 13.5. The Hall–Kier alpha value is -1.74. The van der Waals surface area contributed by atoms with Crippen molar-refractivity contribution in [3.63, 3.8) is 0 Å². The number of piperidine rings is 1. The van der Waals surface area contributed by atoms with Crippen LogP contribution in [-0.2, 0) is 14.8 Å². The molecule has 128 valence electrons. The maximum absolute atomic E-state index is 13.2. The Morgan fingerprint density at radius 1 is 1.35 bits per heavy atom. The zero-order valence-electron chi connectivity index (χ0n) is 12.7. The first kappa shape index (κ1) is 17.6. The first-order chi connectivity index (χ1) is 10.7. The van der Waals surface area contributed by atoms with Crippen molar-refractivity contribution in [3.8, 4) is 0 Å². The topological polar surface area (TPSA) is 78.5 Å². The molecule has 1 aliphatic heterocycles. The molecule has 1 aromatic rings. The fraction of sp³-hybridized carbons (Fsp3) is 0.500. The molecule has 0 aromatic heterocycles. The molecule has 1 amide bonds. The van der Waals surface area contributed by atoms with E-state index in [0.717, 1.165) is 31.2 Å². The molecule has 0 radical (unpaired) electrons. The summed E-state index contributed by atoms with van der Waals surface area (Å²) in [5.74, 6) is -2.16. The van der Waals surface area contributed by atoms with E-state index >= 15 is 0 Å². The number of anilines is 1. The maximum atomic E-state index is 13.2. The van der Waals surface area contributed by atoms with Gasteiger partial charge in [0.05, 0.1) is 12.8 Å². The van der Waals surface area contributed by atoms with Crippen LogP contribution in [0.15, 0.2) is 18.2 Å². The molecular weight excluding hydrogens is 328 g/mol. The molecule has 23 heavy (non-hydrogen) atoms. The number of rotatable bonds is 5. The highest BCUT2D eigenvalue weighted by molar-refractivity contribution is 7.88. The first-order valence-corrected chi connectivity index (χ1v) is 9.08. The smallest absolute Gasteiger partial charge is 0.237 e. The summed E-state index contributed by atoms with van der Waals surface area (Å²) in [4.78, 5) is 13.6. The van der Waals surface area contributed by atoms with E-state index in [1.807, 2.05) is 0 Å². The summed E-state index contributed by atoms with van der Waals surface area (Å²) in [6, 6.07) is 3.45. The van der Waals surface area contributed by atoms with E-state index in [1.165, 1.54) is 6.07 Å². The van der Waals surface area contributed by atoms with Crippen LogP contribution in [0.1, 0.15) is 12.8 Å². The number of halogens is 2. The van der Waals surface area contributed by atoms with E-state index in [2.05, 4.69) is 10.0 Å². The van der Waals surface area contributed by atoms with Crippen molar-refractivity contribution < 1.29 is 22.0 Å². The average molecular weight is 347 g/mol. The van der Waals surface area contributed by atoms with Crippen molar-refractivity contribution in [3.05, 3.63) is 29.8 Å². The number of likely N-dealkylation sites (tertiary alicyclic amines) is 1. The molecule has 6 nitrogen and oxygen atoms in total. The van der Waals surface area contributed by atoms with Crippen LogP contribution >= 0.6 is 0 Å². The van der Waals surface area contributed by atoms with Gasteiger partial charge in [-0.25, -0.2) is 21.9 Å². The van der Waals surface area contributed by atoms with E-state index in [1.54, 1.807) is 4.90 Å². The van der Waals surface area contributed by atoms with Gasteiger partial charge in [-0.1, -0.05) is 0 Å². The molecular formula is C14H19F2N3O3S. The van der Waals surface area contributed by atoms with Gasteiger partial charge in [0, 0.05) is 30.9 Å². The molecule has 1 heterocycles. The van der Waals surface area contributed by atoms with Gasteiger partial charge in [0.15, 0.2) is 11.6 Å². The predicted octanol–water partition coefficient (Wildman–Crippen LogP) is 0.917. The highest BCUT2D eigenvalue weighted by atomic mass is 32.2. The molecule has 1 aromatic carbocycles. The molecule has 2 rings (SSSR count). The number of nitrogens with one attached hydrogen (secondary N) is 2. The zero-order chi connectivity index (χ0) is 17.0. The molecule has 9 heteroatoms. The maximum Gasteiger partial charge on any atom is 0.237 e. The minimum atomic E-state index is -3.42. The van der Waals surface area contributed by atoms with Crippen LogP contribution in [0, 0.1) is 11.6 Å². The molecule has 1 aliphatic rings. The molecule has 1 fully saturated rings. The molecule has 0 bridgehead atoms. The number of hydrogen-bond acceptors (Lipinski definition) is 4. The first-order valence-electron chi connectivity index (χ1n) is 7.18. The Morgan fingerprint density at radius 3 is 2.74 bits per heavy atom. The summed E-state index contributed by atoms with van der Waals surface area (Å²) < 4.78 is 50.3. The predicted molar refractivity (Wildman–Crippen MR) is 82.4 cm³/mol. The van der Waals surface area contributed by atoms with Crippen molar-refractivity contribution in [1.29, 1.82) is 0 Å². The third-order valence-electron chi connectivity index (χ3n) is 3.55. The van der Waals surface area contributed by atoms with Crippen molar-refractivity contribution in [2.75, 3.05) is 31.2 Å². The Balaban J connectivity index is 1.92. The average Bonchev–Trinajstić information content (AvgIpc) is 2.48. The van der Waals surface area contributed by atoms with Gasteiger partial charge in [-0.15, -0.1) is 0 Å². The number of amides is 1. The quantitative estimate of drug-likeness (QED) is 0.830. The monoisotopic (exact) mass is 347 g/mol. The van der Waals surface area contributed by atoms with Crippen molar-refractivity contribution >= 4 is 21.6 Å². The van der Waals surface area contributed by atoms with Crippen LogP contribution in [0.3, 0.4) is 0 Å². The second kappa shape index (κ2) is 7.22. The minimum absolute atomic E-state index is 0.101. The van der Waals surface area contributed by atoms with Crippen LogP contribution in [0.4, 0.5) is 14.5 Å². The van der Waals surface area contributed by atoms with E-state index in [0.29, 0.717) is 18.8 Å². The lowest BCUT2D eigenvalue weighted by Crippen LogP contribution is -2.48. The van der Waals surface area contributed by atoms with Gasteiger partial charge in [-0.3, -0.25) is 4.79 Å². The number of carbonyl (C=O) groups is 1. The van der Waals surface area contributed by atoms with E-state index in [9.17, 15) is 22.0 Å². The van der Waals surface area contributed by atoms with Crippen molar-refractivity contribution in [2.45, 2.75) is 18.9 Å². The number of hydrogen-bond donors (Lipinski definition) is 2. The summed E-state index contributed by atoms with van der Waals surface area (Å²) >= 11 is 0. The van der Waals surface area contributed by atoms with Gasteiger partial charge in [0.25, 0.3) is 0 Å². The highest BCUT2D eigenvalue weighted by Crippen LogP contribution is 2.18. The molecule has 1 saturated heterocycles. The molecule has 0 unspecified atom stereocenters. The molecule has 0 spiro atoms. The Bertz CT molecular complexity index is 682. The summed E-state index contributed by atoms with van der Waals surface area (Å²) in [5.41, 5.74) is 0.442. The van der Waals surface area contributed by atoms with Gasteiger partial charge in [-0.05, 0) is 25.0 Å². The van der Waals surface area contributed by atoms with E-state index in [4.69, 9.17) is 0 Å². The molecule has 0 aliphatic carbocycles. The Labute approximate surface area is 133 Å². The summed E-state index contributed by atoms with van der Waals surface area (Å²) in [6.07, 6.45) is 2.51. The Morgan fingerprint density at radius 2 is 2.09 bits per heavy atom. The standard InChI is InChI=1S/C14H19F2N3O3S/c1-23(21,22)17-8-14(20)19-6-2-3-11(9-19)18-10-4-5-12(15)13(16)7-10/h4-5,7,11,17-18H,2-3,6,8-9H2,1H3/t11-/m0/s1. The van der Waals surface area contributed by atoms with Crippen molar-refractivity contribution in [1.82, 2.24) is 9.62 Å². The lowest BCUT2D eigenvalue weighted by molar-refractivity contribution is -0.130. The van der Waals surface area contributed by atoms with Gasteiger partial charge in [0.1, 0.15) is 0 Å². The number of sulfonamides is 1. The lowest BCUT2D eigenvalue weighted by atomic mass is 10.1. The largest absolute Gasteiger partial charge is 0.380 e.